The van der Waals surface area contributed by atoms with Gasteiger partial charge in [-0.25, -0.2) is 19.6 Å². The number of imidazole rings is 1. The van der Waals surface area contributed by atoms with Crippen LogP contribution in [0.2, 0.25) is 0 Å². The van der Waals surface area contributed by atoms with Crippen LogP contribution in [-0.4, -0.2) is 62.5 Å². The summed E-state index contributed by atoms with van der Waals surface area (Å²) in [5.41, 5.74) is 3.73. The third kappa shape index (κ3) is 3.91. The molecule has 0 radical (unpaired) electrons. The fourth-order valence-electron chi connectivity index (χ4n) is 4.56. The maximum Gasteiger partial charge on any atom is 0.219 e. The SMILES string of the molecule is CC(=O)N1CCCC1c1cc2[nH]c(-c3cnccn3)nc2cc1Oc1ccc(-c2nnnn2C)nc1. The standard InChI is InChI=1S/C24H22N10O2/c1-14(35)34-9-3-4-21(34)16-10-18-19(29-23(28-18)20-13-25-7-8-26-20)11-22(16)36-15-5-6-17(27-12-15)24-30-31-32-33(24)2/h5-8,10-13,21H,3-4,9H2,1-2H3,(H,28,29). The van der Waals surface area contributed by atoms with Crippen molar-refractivity contribution >= 4 is 16.9 Å². The van der Waals surface area contributed by atoms with Gasteiger partial charge in [-0.15, -0.1) is 5.10 Å². The first kappa shape index (κ1) is 21.8. The molecule has 6 rings (SSSR count). The fraction of sp³-hybridized carbons (Fsp3) is 0.250. The number of rotatable bonds is 5. The predicted octanol–water partition coefficient (Wildman–Crippen LogP) is 3.08. The molecule has 180 valence electrons. The van der Waals surface area contributed by atoms with Crippen LogP contribution in [0.25, 0.3) is 34.1 Å². The number of ether oxygens (including phenoxy) is 1. The number of aromatic nitrogens is 9. The van der Waals surface area contributed by atoms with Gasteiger partial charge >= 0.3 is 0 Å². The maximum atomic E-state index is 12.4. The lowest BCUT2D eigenvalue weighted by Gasteiger charge is -2.25. The fourth-order valence-corrected chi connectivity index (χ4v) is 4.56. The Morgan fingerprint density at radius 2 is 2.06 bits per heavy atom. The minimum Gasteiger partial charge on any atom is -0.455 e. The average Bonchev–Trinajstić information content (AvgIpc) is 3.64. The van der Waals surface area contributed by atoms with Gasteiger partial charge in [-0.05, 0) is 41.5 Å². The normalized spacial score (nSPS) is 15.5. The van der Waals surface area contributed by atoms with E-state index in [4.69, 9.17) is 9.72 Å². The first-order chi connectivity index (χ1) is 17.6. The Kier molecular flexibility index (Phi) is 5.32. The van der Waals surface area contributed by atoms with E-state index in [9.17, 15) is 4.79 Å². The van der Waals surface area contributed by atoms with E-state index in [2.05, 4.69) is 35.5 Å². The zero-order chi connectivity index (χ0) is 24.6. The summed E-state index contributed by atoms with van der Waals surface area (Å²) < 4.78 is 7.89. The maximum absolute atomic E-state index is 12.4. The molecule has 1 atom stereocenters. The highest BCUT2D eigenvalue weighted by Crippen LogP contribution is 2.41. The first-order valence-corrected chi connectivity index (χ1v) is 11.5. The summed E-state index contributed by atoms with van der Waals surface area (Å²) in [6.45, 7) is 2.32. The molecular weight excluding hydrogens is 460 g/mol. The largest absolute Gasteiger partial charge is 0.455 e. The molecule has 1 N–H and O–H groups in total. The summed E-state index contributed by atoms with van der Waals surface area (Å²) >= 11 is 0. The van der Waals surface area contributed by atoms with Crippen molar-refractivity contribution in [1.82, 2.24) is 50.0 Å². The van der Waals surface area contributed by atoms with Crippen molar-refractivity contribution in [3.05, 3.63) is 54.6 Å². The smallest absolute Gasteiger partial charge is 0.219 e. The molecule has 5 heterocycles. The van der Waals surface area contributed by atoms with Gasteiger partial charge in [0.05, 0.1) is 29.5 Å². The Labute approximate surface area is 205 Å². The van der Waals surface area contributed by atoms with Gasteiger partial charge in [0.2, 0.25) is 5.91 Å². The van der Waals surface area contributed by atoms with Gasteiger partial charge in [0.15, 0.2) is 11.6 Å². The lowest BCUT2D eigenvalue weighted by molar-refractivity contribution is -0.129. The molecule has 0 bridgehead atoms. The Hall–Kier alpha value is -4.74. The van der Waals surface area contributed by atoms with Crippen molar-refractivity contribution in [2.45, 2.75) is 25.8 Å². The number of aryl methyl sites for hydroxylation is 1. The van der Waals surface area contributed by atoms with Gasteiger partial charge in [-0.2, -0.15) is 0 Å². The summed E-state index contributed by atoms with van der Waals surface area (Å²) in [4.78, 5) is 35.2. The number of nitrogens with zero attached hydrogens (tertiary/aromatic N) is 9. The van der Waals surface area contributed by atoms with E-state index in [1.807, 2.05) is 23.1 Å². The number of benzene rings is 1. The summed E-state index contributed by atoms with van der Waals surface area (Å²) in [6, 6.07) is 7.42. The lowest BCUT2D eigenvalue weighted by Crippen LogP contribution is -2.28. The number of carbonyl (C=O) groups excluding carboxylic acids is 1. The molecule has 1 saturated heterocycles. The number of fused-ring (bicyclic) bond motifs is 1. The predicted molar refractivity (Wildman–Crippen MR) is 129 cm³/mol. The number of H-pyrrole nitrogens is 1. The van der Waals surface area contributed by atoms with Gasteiger partial charge in [-0.1, -0.05) is 0 Å². The molecule has 12 heteroatoms. The number of aromatic amines is 1. The monoisotopic (exact) mass is 482 g/mol. The van der Waals surface area contributed by atoms with E-state index in [1.54, 1.807) is 49.5 Å². The third-order valence-corrected chi connectivity index (χ3v) is 6.25. The molecule has 1 aliphatic heterocycles. The highest BCUT2D eigenvalue weighted by atomic mass is 16.5. The van der Waals surface area contributed by atoms with E-state index >= 15 is 0 Å². The van der Waals surface area contributed by atoms with E-state index in [-0.39, 0.29) is 11.9 Å². The van der Waals surface area contributed by atoms with E-state index in [0.29, 0.717) is 41.1 Å². The highest BCUT2D eigenvalue weighted by molar-refractivity contribution is 5.82. The summed E-state index contributed by atoms with van der Waals surface area (Å²) in [5.74, 6) is 2.37. The van der Waals surface area contributed by atoms with E-state index in [1.165, 1.54) is 0 Å². The van der Waals surface area contributed by atoms with E-state index in [0.717, 1.165) is 29.4 Å². The number of hydrogen-bond acceptors (Lipinski definition) is 9. The molecule has 0 saturated carbocycles. The van der Waals surface area contributed by atoms with Crippen LogP contribution in [0.15, 0.2) is 49.1 Å². The topological polar surface area (TPSA) is 140 Å². The van der Waals surface area contributed by atoms with E-state index < -0.39 is 0 Å². The van der Waals surface area contributed by atoms with Crippen LogP contribution in [0.5, 0.6) is 11.5 Å². The Morgan fingerprint density at radius 3 is 2.78 bits per heavy atom. The molecule has 1 fully saturated rings. The second kappa shape index (κ2) is 8.80. The Balaban J connectivity index is 1.41. The highest BCUT2D eigenvalue weighted by Gasteiger charge is 2.31. The van der Waals surface area contributed by atoms with Crippen molar-refractivity contribution in [3.8, 4) is 34.5 Å². The Bertz CT molecular complexity index is 1540. The lowest BCUT2D eigenvalue weighted by atomic mass is 10.0. The average molecular weight is 483 g/mol. The van der Waals surface area contributed by atoms with Crippen molar-refractivity contribution in [1.29, 1.82) is 0 Å². The van der Waals surface area contributed by atoms with Crippen molar-refractivity contribution in [3.63, 3.8) is 0 Å². The minimum absolute atomic E-state index is 0.0386. The molecule has 0 aliphatic carbocycles. The minimum atomic E-state index is -0.0953. The van der Waals surface area contributed by atoms with Crippen molar-refractivity contribution in [2.24, 2.45) is 7.05 Å². The number of amides is 1. The van der Waals surface area contributed by atoms with Crippen LogP contribution in [0, 0.1) is 0 Å². The van der Waals surface area contributed by atoms with Crippen molar-refractivity contribution < 1.29 is 9.53 Å². The second-order valence-corrected chi connectivity index (χ2v) is 8.56. The first-order valence-electron chi connectivity index (χ1n) is 11.5. The summed E-state index contributed by atoms with van der Waals surface area (Å²) in [6.07, 6.45) is 8.31. The van der Waals surface area contributed by atoms with Crippen LogP contribution in [0.3, 0.4) is 0 Å². The number of carbonyl (C=O) groups is 1. The van der Waals surface area contributed by atoms with Crippen LogP contribution in [0.4, 0.5) is 0 Å². The van der Waals surface area contributed by atoms with Gasteiger partial charge in [0.1, 0.15) is 22.9 Å². The molecule has 0 spiro atoms. The molecule has 36 heavy (non-hydrogen) atoms. The molecule has 1 aromatic carbocycles. The van der Waals surface area contributed by atoms with Crippen LogP contribution < -0.4 is 4.74 Å². The number of hydrogen-bond donors (Lipinski definition) is 1. The number of tetrazole rings is 1. The van der Waals surface area contributed by atoms with Crippen LogP contribution >= 0.6 is 0 Å². The second-order valence-electron chi connectivity index (χ2n) is 8.56. The van der Waals surface area contributed by atoms with Crippen LogP contribution in [-0.2, 0) is 11.8 Å². The molecule has 5 aromatic rings. The van der Waals surface area contributed by atoms with Gasteiger partial charge in [0.25, 0.3) is 0 Å². The Morgan fingerprint density at radius 1 is 1.14 bits per heavy atom. The number of nitrogens with one attached hydrogen (secondary N) is 1. The van der Waals surface area contributed by atoms with Gasteiger partial charge in [-0.3, -0.25) is 9.78 Å². The molecule has 12 nitrogen and oxygen atoms in total. The molecule has 1 aliphatic rings. The van der Waals surface area contributed by atoms with Crippen LogP contribution in [0.1, 0.15) is 31.4 Å². The van der Waals surface area contributed by atoms with Crippen molar-refractivity contribution in [2.75, 3.05) is 6.54 Å². The summed E-state index contributed by atoms with van der Waals surface area (Å²) in [5, 5.41) is 11.5. The molecule has 1 amide bonds. The molecule has 1 unspecified atom stereocenters. The van der Waals surface area contributed by atoms with Gasteiger partial charge < -0.3 is 14.6 Å². The molecular formula is C24H22N10O2. The quantitative estimate of drug-likeness (QED) is 0.400. The van der Waals surface area contributed by atoms with Gasteiger partial charge in [0, 0.05) is 44.5 Å². The zero-order valence-corrected chi connectivity index (χ0v) is 19.7. The number of pyridine rings is 1. The zero-order valence-electron chi connectivity index (χ0n) is 19.7. The molecule has 4 aromatic heterocycles. The summed E-state index contributed by atoms with van der Waals surface area (Å²) in [7, 11) is 1.75. The number of likely N-dealkylation sites (tertiary alicyclic amines) is 1. The third-order valence-electron chi connectivity index (χ3n) is 6.25.